The van der Waals surface area contributed by atoms with Gasteiger partial charge < -0.3 is 14.4 Å². The van der Waals surface area contributed by atoms with Crippen LogP contribution in [-0.2, 0) is 20.8 Å². The summed E-state index contributed by atoms with van der Waals surface area (Å²) in [5.41, 5.74) is 12.9. The molecule has 57 heavy (non-hydrogen) atoms. The van der Waals surface area contributed by atoms with Gasteiger partial charge in [-0.2, -0.15) is 8.42 Å². The van der Waals surface area contributed by atoms with Gasteiger partial charge in [0.25, 0.3) is 10.1 Å². The second-order valence-corrected chi connectivity index (χ2v) is 18.2. The molecule has 1 aromatic heterocycles. The van der Waals surface area contributed by atoms with Crippen LogP contribution in [0.2, 0.25) is 0 Å². The maximum atomic E-state index is 11.6. The summed E-state index contributed by atoms with van der Waals surface area (Å²) in [7, 11) is 0.934. The van der Waals surface area contributed by atoms with Gasteiger partial charge in [-0.3, -0.25) is 4.18 Å². The molecule has 8 heteroatoms. The second-order valence-electron chi connectivity index (χ2n) is 16.6. The Bertz CT molecular complexity index is 2360. The van der Waals surface area contributed by atoms with Crippen LogP contribution in [0.1, 0.15) is 87.9 Å². The van der Waals surface area contributed by atoms with Gasteiger partial charge in [0.15, 0.2) is 0 Å². The van der Waals surface area contributed by atoms with Crippen molar-refractivity contribution in [3.8, 4) is 0 Å². The van der Waals surface area contributed by atoms with Crippen molar-refractivity contribution in [2.24, 2.45) is 11.8 Å². The van der Waals surface area contributed by atoms with Crippen LogP contribution in [0.15, 0.2) is 109 Å². The van der Waals surface area contributed by atoms with E-state index < -0.39 is 10.1 Å². The van der Waals surface area contributed by atoms with E-state index in [0.717, 1.165) is 48.4 Å². The van der Waals surface area contributed by atoms with Gasteiger partial charge in [0.1, 0.15) is 5.82 Å². The van der Waals surface area contributed by atoms with Crippen molar-refractivity contribution in [1.82, 2.24) is 19.4 Å². The summed E-state index contributed by atoms with van der Waals surface area (Å²) in [5.74, 6) is 3.10. The van der Waals surface area contributed by atoms with E-state index in [2.05, 4.69) is 144 Å². The molecular weight excluding hydrogens is 725 g/mol. The first-order valence-corrected chi connectivity index (χ1v) is 22.4. The van der Waals surface area contributed by atoms with Gasteiger partial charge in [0, 0.05) is 30.8 Å². The standard InChI is InChI=1S/C26H29N3.C23H27NO3S/c1-19-27-13-16-29(19)18-22-17-21-7-3-4-9-24(21)26(20-11-14-28(2)15-12-20)25-10-6-5-8-23(22)25;1-24-13-11-17(12-14-24)23-21-9-4-3-7-18(21)15-19(16-27-28(2,25)26)20-8-5-6-10-22(20)23/h3-10,13,16-17,20,26H,11-12,14-15,18H2,1-2H3;3-10,15,17,23H,11-14,16H2,1-2H3. The van der Waals surface area contributed by atoms with Crippen LogP contribution in [0, 0.1) is 18.8 Å². The normalized spacial score (nSPS) is 20.4. The number of piperidine rings is 2. The smallest absolute Gasteiger partial charge is 0.264 e. The first kappa shape index (κ1) is 39.2. The molecule has 2 aliphatic carbocycles. The van der Waals surface area contributed by atoms with Crippen LogP contribution in [-0.4, -0.2) is 80.9 Å². The third-order valence-electron chi connectivity index (χ3n) is 12.8. The summed E-state index contributed by atoms with van der Waals surface area (Å²) >= 11 is 0. The molecule has 0 N–H and O–H groups in total. The molecule has 9 rings (SSSR count). The van der Waals surface area contributed by atoms with Crippen LogP contribution in [0.4, 0.5) is 0 Å². The minimum absolute atomic E-state index is 0.0598. The number of hydrogen-bond acceptors (Lipinski definition) is 6. The Morgan fingerprint density at radius 3 is 1.54 bits per heavy atom. The highest BCUT2D eigenvalue weighted by Gasteiger charge is 2.34. The largest absolute Gasteiger partial charge is 0.331 e. The van der Waals surface area contributed by atoms with Crippen LogP contribution >= 0.6 is 0 Å². The lowest BCUT2D eigenvalue weighted by Crippen LogP contribution is -2.33. The predicted octanol–water partition coefficient (Wildman–Crippen LogP) is 9.21. The Hall–Kier alpha value is -4.60. The summed E-state index contributed by atoms with van der Waals surface area (Å²) in [6.45, 7) is 7.62. The summed E-state index contributed by atoms with van der Waals surface area (Å²) < 4.78 is 30.7. The molecule has 5 aromatic rings. The SMILES string of the molecule is CN1CCC(C2c3ccccc3C=C(COS(C)(=O)=O)c3ccccc32)CC1.Cc1nccn1CC1=Cc2ccccc2C(C2CCN(C)CC2)c2ccccc21. The average Bonchev–Trinajstić information content (AvgIpc) is 3.48. The van der Waals surface area contributed by atoms with Crippen molar-refractivity contribution in [2.45, 2.75) is 51.0 Å². The van der Waals surface area contributed by atoms with E-state index in [1.807, 2.05) is 18.3 Å². The van der Waals surface area contributed by atoms with Crippen LogP contribution < -0.4 is 0 Å². The number of hydrogen-bond donors (Lipinski definition) is 0. The zero-order valence-electron chi connectivity index (χ0n) is 33.8. The van der Waals surface area contributed by atoms with Gasteiger partial charge in [-0.15, -0.1) is 0 Å². The van der Waals surface area contributed by atoms with E-state index in [0.29, 0.717) is 23.7 Å². The van der Waals surface area contributed by atoms with Crippen molar-refractivity contribution in [1.29, 1.82) is 0 Å². The molecular formula is C49H56N4O3S. The number of aromatic nitrogens is 2. The van der Waals surface area contributed by atoms with E-state index in [4.69, 9.17) is 4.18 Å². The maximum absolute atomic E-state index is 11.6. The lowest BCUT2D eigenvalue weighted by molar-refractivity contribution is 0.207. The Kier molecular flexibility index (Phi) is 11.8. The molecule has 0 amide bonds. The molecule has 0 bridgehead atoms. The molecule has 2 fully saturated rings. The molecule has 3 heterocycles. The Morgan fingerprint density at radius 2 is 1.07 bits per heavy atom. The van der Waals surface area contributed by atoms with E-state index >= 15 is 0 Å². The maximum Gasteiger partial charge on any atom is 0.264 e. The van der Waals surface area contributed by atoms with Crippen LogP contribution in [0.3, 0.4) is 0 Å². The monoisotopic (exact) mass is 780 g/mol. The van der Waals surface area contributed by atoms with E-state index in [1.165, 1.54) is 77.7 Å². The number of fused-ring (bicyclic) bond motifs is 4. The molecule has 2 unspecified atom stereocenters. The van der Waals surface area contributed by atoms with Crippen molar-refractivity contribution in [2.75, 3.05) is 53.1 Å². The molecule has 4 aliphatic rings. The minimum Gasteiger partial charge on any atom is -0.331 e. The quantitative estimate of drug-likeness (QED) is 0.154. The van der Waals surface area contributed by atoms with E-state index in [1.54, 1.807) is 0 Å². The van der Waals surface area contributed by atoms with Gasteiger partial charge >= 0.3 is 0 Å². The van der Waals surface area contributed by atoms with Crippen LogP contribution in [0.25, 0.3) is 23.3 Å². The Morgan fingerprint density at radius 1 is 0.632 bits per heavy atom. The number of rotatable bonds is 7. The van der Waals surface area contributed by atoms with Crippen LogP contribution in [0.5, 0.6) is 0 Å². The number of imidazole rings is 1. The molecule has 2 aliphatic heterocycles. The first-order chi connectivity index (χ1) is 27.6. The fourth-order valence-corrected chi connectivity index (χ4v) is 10.1. The fraction of sp³-hybridized carbons (Fsp3) is 0.367. The highest BCUT2D eigenvalue weighted by atomic mass is 32.2. The highest BCUT2D eigenvalue weighted by Crippen LogP contribution is 2.46. The van der Waals surface area contributed by atoms with Crippen molar-refractivity contribution in [3.05, 3.63) is 160 Å². The number of allylic oxidation sites excluding steroid dienone is 1. The van der Waals surface area contributed by atoms with Gasteiger partial charge in [-0.05, 0) is 153 Å². The van der Waals surface area contributed by atoms with Gasteiger partial charge in [-0.1, -0.05) is 97.1 Å². The van der Waals surface area contributed by atoms with Crippen molar-refractivity contribution >= 4 is 33.4 Å². The minimum atomic E-state index is -3.50. The zero-order valence-corrected chi connectivity index (χ0v) is 34.7. The fourth-order valence-electron chi connectivity index (χ4n) is 9.75. The highest BCUT2D eigenvalue weighted by molar-refractivity contribution is 7.86. The lowest BCUT2D eigenvalue weighted by Gasteiger charge is -2.35. The molecule has 7 nitrogen and oxygen atoms in total. The number of likely N-dealkylation sites (tertiary alicyclic amines) is 2. The molecule has 2 saturated heterocycles. The zero-order chi connectivity index (χ0) is 39.5. The number of benzene rings is 4. The summed E-state index contributed by atoms with van der Waals surface area (Å²) in [6, 6.07) is 35.1. The molecule has 0 saturated carbocycles. The topological polar surface area (TPSA) is 67.7 Å². The molecule has 2 atom stereocenters. The number of aryl methyl sites for hydroxylation is 1. The van der Waals surface area contributed by atoms with Gasteiger partial charge in [-0.25, -0.2) is 4.98 Å². The summed E-state index contributed by atoms with van der Waals surface area (Å²) in [5, 5.41) is 0. The molecule has 296 valence electrons. The van der Waals surface area contributed by atoms with E-state index in [-0.39, 0.29) is 6.61 Å². The molecule has 0 radical (unpaired) electrons. The third kappa shape index (κ3) is 8.80. The Labute approximate surface area is 339 Å². The Balaban J connectivity index is 0.000000160. The van der Waals surface area contributed by atoms with Crippen molar-refractivity contribution < 1.29 is 12.6 Å². The number of nitrogens with zero attached hydrogens (tertiary/aromatic N) is 4. The summed E-state index contributed by atoms with van der Waals surface area (Å²) in [4.78, 5) is 9.30. The van der Waals surface area contributed by atoms with Crippen molar-refractivity contribution in [3.63, 3.8) is 0 Å². The second kappa shape index (κ2) is 17.1. The first-order valence-electron chi connectivity index (χ1n) is 20.6. The molecule has 0 spiro atoms. The lowest BCUT2D eigenvalue weighted by atomic mass is 9.74. The van der Waals surface area contributed by atoms with Gasteiger partial charge in [0.05, 0.1) is 12.9 Å². The van der Waals surface area contributed by atoms with Gasteiger partial charge in [0.2, 0.25) is 0 Å². The predicted molar refractivity (Wildman–Crippen MR) is 233 cm³/mol. The molecule has 4 aromatic carbocycles. The summed E-state index contributed by atoms with van der Waals surface area (Å²) in [6.07, 6.45) is 14.5. The average molecular weight is 781 g/mol. The van der Waals surface area contributed by atoms with E-state index in [9.17, 15) is 8.42 Å². The third-order valence-corrected chi connectivity index (χ3v) is 13.3.